The maximum Gasteiger partial charge on any atom is 0.265 e. The van der Waals surface area contributed by atoms with Gasteiger partial charge < -0.3 is 15.2 Å². The standard InChI is InChI=1S/C8H15F2NO3S/c1-14-2-3-15-5-7(13)11-4-6(12)8(9)10/h6,8,12H,2-5H2,1H3,(H,11,13). The van der Waals surface area contributed by atoms with Gasteiger partial charge in [-0.25, -0.2) is 8.78 Å². The molecule has 0 aromatic heterocycles. The highest BCUT2D eigenvalue weighted by molar-refractivity contribution is 7.99. The lowest BCUT2D eigenvalue weighted by Crippen LogP contribution is -2.36. The number of carbonyl (C=O) groups is 1. The van der Waals surface area contributed by atoms with E-state index in [1.165, 1.54) is 11.8 Å². The third kappa shape index (κ3) is 8.59. The number of methoxy groups -OCH3 is 1. The monoisotopic (exact) mass is 243 g/mol. The Balaban J connectivity index is 3.41. The summed E-state index contributed by atoms with van der Waals surface area (Å²) in [6.07, 6.45) is -4.62. The number of hydrogen-bond acceptors (Lipinski definition) is 4. The van der Waals surface area contributed by atoms with Crippen molar-refractivity contribution in [1.82, 2.24) is 5.32 Å². The molecule has 0 bridgehead atoms. The van der Waals surface area contributed by atoms with E-state index in [1.807, 2.05) is 0 Å². The van der Waals surface area contributed by atoms with Crippen LogP contribution < -0.4 is 5.32 Å². The first-order valence-corrected chi connectivity index (χ1v) is 5.53. The van der Waals surface area contributed by atoms with E-state index in [-0.39, 0.29) is 11.7 Å². The van der Waals surface area contributed by atoms with Gasteiger partial charge in [0.2, 0.25) is 5.91 Å². The summed E-state index contributed by atoms with van der Waals surface area (Å²) in [5.41, 5.74) is 0. The van der Waals surface area contributed by atoms with Crippen LogP contribution in [0.1, 0.15) is 0 Å². The van der Waals surface area contributed by atoms with Gasteiger partial charge in [0.05, 0.1) is 12.4 Å². The van der Waals surface area contributed by atoms with Crippen LogP contribution in [0.25, 0.3) is 0 Å². The highest BCUT2D eigenvalue weighted by Gasteiger charge is 2.17. The number of rotatable bonds is 8. The molecular formula is C8H15F2NO3S. The van der Waals surface area contributed by atoms with Gasteiger partial charge in [0.1, 0.15) is 6.10 Å². The van der Waals surface area contributed by atoms with Crippen molar-refractivity contribution in [3.05, 3.63) is 0 Å². The first kappa shape index (κ1) is 14.6. The van der Waals surface area contributed by atoms with Crippen LogP contribution in [0.5, 0.6) is 0 Å². The Morgan fingerprint density at radius 3 is 2.80 bits per heavy atom. The average Bonchev–Trinajstić information content (AvgIpc) is 2.20. The largest absolute Gasteiger partial charge is 0.385 e. The molecule has 0 radical (unpaired) electrons. The van der Waals surface area contributed by atoms with Gasteiger partial charge in [-0.15, -0.1) is 11.8 Å². The molecule has 7 heteroatoms. The molecule has 1 unspecified atom stereocenters. The Labute approximate surface area is 91.4 Å². The second-order valence-electron chi connectivity index (χ2n) is 2.75. The molecule has 1 amide bonds. The number of halogens is 2. The number of carbonyl (C=O) groups excluding carboxylic acids is 1. The summed E-state index contributed by atoms with van der Waals surface area (Å²) in [6, 6.07) is 0. The quantitative estimate of drug-likeness (QED) is 0.594. The maximum absolute atomic E-state index is 11.8. The number of amides is 1. The van der Waals surface area contributed by atoms with Crippen molar-refractivity contribution in [3.63, 3.8) is 0 Å². The molecule has 0 spiro atoms. The zero-order valence-electron chi connectivity index (χ0n) is 8.41. The molecule has 4 nitrogen and oxygen atoms in total. The van der Waals surface area contributed by atoms with Crippen molar-refractivity contribution in [1.29, 1.82) is 0 Å². The minimum atomic E-state index is -2.83. The van der Waals surface area contributed by atoms with E-state index in [1.54, 1.807) is 7.11 Å². The molecular weight excluding hydrogens is 228 g/mol. The average molecular weight is 243 g/mol. The van der Waals surface area contributed by atoms with Crippen molar-refractivity contribution in [3.8, 4) is 0 Å². The van der Waals surface area contributed by atoms with E-state index in [2.05, 4.69) is 5.32 Å². The number of thioether (sulfide) groups is 1. The Morgan fingerprint density at radius 2 is 2.27 bits per heavy atom. The lowest BCUT2D eigenvalue weighted by Gasteiger charge is -2.10. The van der Waals surface area contributed by atoms with Gasteiger partial charge in [0.15, 0.2) is 0 Å². The number of alkyl halides is 2. The van der Waals surface area contributed by atoms with E-state index in [0.29, 0.717) is 12.4 Å². The van der Waals surface area contributed by atoms with Gasteiger partial charge in [0.25, 0.3) is 6.43 Å². The number of hydrogen-bond donors (Lipinski definition) is 2. The molecule has 0 heterocycles. The molecule has 90 valence electrons. The van der Waals surface area contributed by atoms with Crippen LogP contribution in [0.2, 0.25) is 0 Å². The predicted octanol–water partition coefficient (Wildman–Crippen LogP) is 0.108. The van der Waals surface area contributed by atoms with Gasteiger partial charge in [-0.3, -0.25) is 4.79 Å². The number of ether oxygens (including phenoxy) is 1. The Morgan fingerprint density at radius 1 is 1.60 bits per heavy atom. The molecule has 0 rings (SSSR count). The zero-order chi connectivity index (χ0) is 11.7. The van der Waals surface area contributed by atoms with Crippen molar-refractivity contribution in [2.24, 2.45) is 0 Å². The summed E-state index contributed by atoms with van der Waals surface area (Å²) in [5, 5.41) is 10.9. The molecule has 0 saturated heterocycles. The number of aliphatic hydroxyl groups is 1. The van der Waals surface area contributed by atoms with Crippen LogP contribution in [0.4, 0.5) is 8.78 Å². The fraction of sp³-hybridized carbons (Fsp3) is 0.875. The fourth-order valence-corrected chi connectivity index (χ4v) is 1.38. The smallest absolute Gasteiger partial charge is 0.265 e. The number of aliphatic hydroxyl groups excluding tert-OH is 1. The van der Waals surface area contributed by atoms with Gasteiger partial charge >= 0.3 is 0 Å². The first-order valence-electron chi connectivity index (χ1n) is 4.37. The van der Waals surface area contributed by atoms with Crippen molar-refractivity contribution in [2.75, 3.05) is 31.8 Å². The molecule has 0 saturated carbocycles. The van der Waals surface area contributed by atoms with E-state index in [9.17, 15) is 13.6 Å². The fourth-order valence-electron chi connectivity index (χ4n) is 0.666. The van der Waals surface area contributed by atoms with Crippen LogP contribution >= 0.6 is 11.8 Å². The molecule has 15 heavy (non-hydrogen) atoms. The third-order valence-corrected chi connectivity index (χ3v) is 2.39. The van der Waals surface area contributed by atoms with E-state index in [4.69, 9.17) is 9.84 Å². The van der Waals surface area contributed by atoms with Crippen LogP contribution in [-0.2, 0) is 9.53 Å². The molecule has 0 aliphatic carbocycles. The highest BCUT2D eigenvalue weighted by Crippen LogP contribution is 2.00. The lowest BCUT2D eigenvalue weighted by atomic mass is 10.4. The van der Waals surface area contributed by atoms with Gasteiger partial charge in [-0.05, 0) is 0 Å². The Hall–Kier alpha value is -0.400. The van der Waals surface area contributed by atoms with Gasteiger partial charge in [-0.2, -0.15) is 0 Å². The summed E-state index contributed by atoms with van der Waals surface area (Å²) in [7, 11) is 1.56. The minimum absolute atomic E-state index is 0.180. The topological polar surface area (TPSA) is 58.6 Å². The summed E-state index contributed by atoms with van der Waals surface area (Å²) in [5.74, 6) is 0.483. The Bertz CT molecular complexity index is 183. The van der Waals surface area contributed by atoms with Crippen LogP contribution in [0.15, 0.2) is 0 Å². The molecule has 0 aliphatic rings. The van der Waals surface area contributed by atoms with Crippen LogP contribution in [-0.4, -0.2) is 55.3 Å². The van der Waals surface area contributed by atoms with Crippen molar-refractivity contribution in [2.45, 2.75) is 12.5 Å². The lowest BCUT2D eigenvalue weighted by molar-refractivity contribution is -0.119. The number of nitrogens with one attached hydrogen (secondary N) is 1. The van der Waals surface area contributed by atoms with Crippen molar-refractivity contribution >= 4 is 17.7 Å². The summed E-state index contributed by atoms with van der Waals surface area (Å²) in [4.78, 5) is 11.0. The van der Waals surface area contributed by atoms with Crippen LogP contribution in [0.3, 0.4) is 0 Å². The van der Waals surface area contributed by atoms with Gasteiger partial charge in [-0.1, -0.05) is 0 Å². The second-order valence-corrected chi connectivity index (χ2v) is 3.86. The molecule has 0 aromatic rings. The normalized spacial score (nSPS) is 12.9. The van der Waals surface area contributed by atoms with Crippen LogP contribution in [0, 0.1) is 0 Å². The summed E-state index contributed by atoms with van der Waals surface area (Å²) < 4.78 is 28.4. The maximum atomic E-state index is 11.8. The second kappa shape index (κ2) is 8.87. The van der Waals surface area contributed by atoms with E-state index < -0.39 is 19.1 Å². The van der Waals surface area contributed by atoms with Gasteiger partial charge in [0, 0.05) is 19.4 Å². The molecule has 0 aliphatic heterocycles. The molecule has 0 aromatic carbocycles. The third-order valence-electron chi connectivity index (χ3n) is 1.46. The molecule has 2 N–H and O–H groups in total. The Kier molecular flexibility index (Phi) is 8.64. The summed E-state index contributed by atoms with van der Waals surface area (Å²) >= 11 is 1.34. The highest BCUT2D eigenvalue weighted by atomic mass is 32.2. The van der Waals surface area contributed by atoms with Crippen molar-refractivity contribution < 1.29 is 23.4 Å². The molecule has 0 fully saturated rings. The first-order chi connectivity index (χ1) is 7.07. The summed E-state index contributed by atoms with van der Waals surface area (Å²) in [6.45, 7) is 0.124. The zero-order valence-corrected chi connectivity index (χ0v) is 9.23. The predicted molar refractivity (Wildman–Crippen MR) is 54.2 cm³/mol. The van der Waals surface area contributed by atoms with E-state index in [0.717, 1.165) is 0 Å². The van der Waals surface area contributed by atoms with E-state index >= 15 is 0 Å². The molecule has 1 atom stereocenters. The minimum Gasteiger partial charge on any atom is -0.385 e. The SMILES string of the molecule is COCCSCC(=O)NCC(O)C(F)F.